The van der Waals surface area contributed by atoms with Gasteiger partial charge in [0.1, 0.15) is 17.0 Å². The molecule has 2 heterocycles. The van der Waals surface area contributed by atoms with Crippen molar-refractivity contribution in [2.24, 2.45) is 5.16 Å². The van der Waals surface area contributed by atoms with E-state index in [2.05, 4.69) is 17.1 Å². The van der Waals surface area contributed by atoms with Gasteiger partial charge in [0.25, 0.3) is 0 Å². The van der Waals surface area contributed by atoms with Gasteiger partial charge in [-0.15, -0.1) is 0 Å². The lowest BCUT2D eigenvalue weighted by Gasteiger charge is -2.37. The fourth-order valence-electron chi connectivity index (χ4n) is 2.62. The predicted molar refractivity (Wildman–Crippen MR) is 94.2 cm³/mol. The maximum atomic E-state index is 12.1. The van der Waals surface area contributed by atoms with Gasteiger partial charge in [0.2, 0.25) is 5.90 Å². The van der Waals surface area contributed by atoms with Crippen molar-refractivity contribution in [3.05, 3.63) is 24.6 Å². The zero-order chi connectivity index (χ0) is 18.5. The lowest BCUT2D eigenvalue weighted by atomic mass is 9.88. The summed E-state index contributed by atoms with van der Waals surface area (Å²) in [7, 11) is 0. The second kappa shape index (κ2) is 7.58. The van der Waals surface area contributed by atoms with Crippen molar-refractivity contribution >= 4 is 18.3 Å². The normalized spacial score (nSPS) is 19.7. The molecular weight excluding hydrogens is 324 g/mol. The summed E-state index contributed by atoms with van der Waals surface area (Å²) in [6, 6.07) is 0. The van der Waals surface area contributed by atoms with Gasteiger partial charge in [-0.3, -0.25) is 5.41 Å². The summed E-state index contributed by atoms with van der Waals surface area (Å²) >= 11 is 0. The number of nitrogens with zero attached hydrogens (tertiary/aromatic N) is 2. The van der Waals surface area contributed by atoms with Gasteiger partial charge in [-0.25, -0.2) is 4.79 Å². The van der Waals surface area contributed by atoms with Crippen LogP contribution in [0.4, 0.5) is 4.79 Å². The van der Waals surface area contributed by atoms with Crippen LogP contribution in [0, 0.1) is 5.41 Å². The van der Waals surface area contributed by atoms with Gasteiger partial charge in [0.15, 0.2) is 0 Å². The Morgan fingerprint density at radius 2 is 2.12 bits per heavy atom. The minimum atomic E-state index is -0.502. The van der Waals surface area contributed by atoms with Gasteiger partial charge in [-0.05, 0) is 26.8 Å². The third-order valence-electron chi connectivity index (χ3n) is 3.89. The van der Waals surface area contributed by atoms with E-state index in [-0.39, 0.29) is 6.09 Å². The maximum absolute atomic E-state index is 12.1. The van der Waals surface area contributed by atoms with E-state index in [9.17, 15) is 4.79 Å². The molecule has 0 atom stereocenters. The topological polar surface area (TPSA) is 96.2 Å². The van der Waals surface area contributed by atoms with Crippen LogP contribution < -0.4 is 5.32 Å². The number of amides is 1. The molecule has 2 rings (SSSR count). The van der Waals surface area contributed by atoms with Gasteiger partial charge in [-0.1, -0.05) is 11.7 Å². The molecule has 2 aliphatic rings. The summed E-state index contributed by atoms with van der Waals surface area (Å²) in [6.45, 7) is 10.3. The number of allylic oxidation sites excluding steroid dienone is 1. The van der Waals surface area contributed by atoms with E-state index in [0.29, 0.717) is 44.0 Å². The van der Waals surface area contributed by atoms with E-state index in [1.54, 1.807) is 4.90 Å². The highest BCUT2D eigenvalue weighted by molar-refractivity contribution is 5.79. The molecule has 1 spiro atoms. The minimum Gasteiger partial charge on any atom is -0.444 e. The SMILES string of the molecule is C=C/C(=C\NC=N)OC1=NOC2(CCN(C(=O)OC(C)(C)C)CC2)C1. The minimum absolute atomic E-state index is 0.299. The molecule has 0 aliphatic carbocycles. The Hall–Kier alpha value is -2.51. The molecule has 2 aliphatic heterocycles. The van der Waals surface area contributed by atoms with Gasteiger partial charge >= 0.3 is 6.09 Å². The van der Waals surface area contributed by atoms with E-state index < -0.39 is 11.2 Å². The lowest BCUT2D eigenvalue weighted by Crippen LogP contribution is -2.48. The van der Waals surface area contributed by atoms with Crippen molar-refractivity contribution < 1.29 is 19.1 Å². The summed E-state index contributed by atoms with van der Waals surface area (Å²) in [6.07, 6.45) is 5.63. The van der Waals surface area contributed by atoms with E-state index in [1.807, 2.05) is 20.8 Å². The first-order chi connectivity index (χ1) is 11.8. The molecule has 0 radical (unpaired) electrons. The Labute approximate surface area is 148 Å². The molecule has 0 aromatic rings. The number of hydrogen-bond donors (Lipinski definition) is 2. The van der Waals surface area contributed by atoms with Crippen molar-refractivity contribution in [1.29, 1.82) is 5.41 Å². The molecule has 8 heteroatoms. The fraction of sp³-hybridized carbons (Fsp3) is 0.588. The Morgan fingerprint density at radius 3 is 2.68 bits per heavy atom. The number of likely N-dealkylation sites (tertiary alicyclic amines) is 1. The molecular formula is C17H26N4O4. The molecule has 0 aromatic carbocycles. The smallest absolute Gasteiger partial charge is 0.410 e. The summed E-state index contributed by atoms with van der Waals surface area (Å²) in [5, 5.41) is 13.6. The van der Waals surface area contributed by atoms with Crippen LogP contribution in [0.1, 0.15) is 40.0 Å². The average Bonchev–Trinajstić information content (AvgIpc) is 2.92. The molecule has 25 heavy (non-hydrogen) atoms. The molecule has 1 amide bonds. The third kappa shape index (κ3) is 5.23. The Balaban J connectivity index is 1.86. The standard InChI is InChI=1S/C17H26N4O4/c1-5-13(11-19-12-18)23-14-10-17(25-20-14)6-8-21(9-7-17)15(22)24-16(2,3)4/h5,11-12H,1,6-10H2,2-4H3,(H2,18,19)/b13-11+. The Kier molecular flexibility index (Phi) is 5.71. The van der Waals surface area contributed by atoms with Crippen molar-refractivity contribution in [2.45, 2.75) is 51.2 Å². The van der Waals surface area contributed by atoms with Crippen LogP contribution in [-0.2, 0) is 14.3 Å². The van der Waals surface area contributed by atoms with Crippen LogP contribution in [0.5, 0.6) is 0 Å². The summed E-state index contributed by atoms with van der Waals surface area (Å²) in [5.41, 5.74) is -0.937. The fourth-order valence-corrected chi connectivity index (χ4v) is 2.62. The number of carbonyl (C=O) groups is 1. The van der Waals surface area contributed by atoms with E-state index in [4.69, 9.17) is 19.7 Å². The number of oxime groups is 1. The summed E-state index contributed by atoms with van der Waals surface area (Å²) in [5.74, 6) is 0.915. The van der Waals surface area contributed by atoms with Crippen molar-refractivity contribution in [2.75, 3.05) is 13.1 Å². The van der Waals surface area contributed by atoms with Crippen LogP contribution in [0.25, 0.3) is 0 Å². The third-order valence-corrected chi connectivity index (χ3v) is 3.89. The summed E-state index contributed by atoms with van der Waals surface area (Å²) < 4.78 is 11.0. The lowest BCUT2D eigenvalue weighted by molar-refractivity contribution is -0.0639. The number of nitrogens with one attached hydrogen (secondary N) is 2. The maximum Gasteiger partial charge on any atom is 0.410 e. The van der Waals surface area contributed by atoms with E-state index in [0.717, 1.165) is 6.34 Å². The van der Waals surface area contributed by atoms with Gasteiger partial charge in [0, 0.05) is 32.1 Å². The quantitative estimate of drug-likeness (QED) is 0.352. The van der Waals surface area contributed by atoms with Crippen molar-refractivity contribution in [3.63, 3.8) is 0 Å². The molecule has 0 unspecified atom stereocenters. The zero-order valence-electron chi connectivity index (χ0n) is 15.0. The Bertz CT molecular complexity index is 584. The number of rotatable bonds is 4. The number of hydrogen-bond acceptors (Lipinski definition) is 6. The second-order valence-electron chi connectivity index (χ2n) is 7.07. The Morgan fingerprint density at radius 1 is 1.44 bits per heavy atom. The number of ether oxygens (including phenoxy) is 2. The molecule has 1 fully saturated rings. The second-order valence-corrected chi connectivity index (χ2v) is 7.07. The average molecular weight is 350 g/mol. The predicted octanol–water partition coefficient (Wildman–Crippen LogP) is 2.73. The summed E-state index contributed by atoms with van der Waals surface area (Å²) in [4.78, 5) is 19.5. The number of carbonyl (C=O) groups excluding carboxylic acids is 1. The molecule has 2 N–H and O–H groups in total. The van der Waals surface area contributed by atoms with E-state index in [1.165, 1.54) is 12.3 Å². The molecule has 0 bridgehead atoms. The van der Waals surface area contributed by atoms with Crippen molar-refractivity contribution in [3.8, 4) is 0 Å². The highest BCUT2D eigenvalue weighted by Crippen LogP contribution is 2.35. The largest absolute Gasteiger partial charge is 0.444 e. The van der Waals surface area contributed by atoms with Gasteiger partial charge in [0.05, 0.1) is 12.8 Å². The zero-order valence-corrected chi connectivity index (χ0v) is 15.0. The first kappa shape index (κ1) is 18.8. The van der Waals surface area contributed by atoms with Crippen LogP contribution in [0.15, 0.2) is 29.8 Å². The first-order valence-electron chi connectivity index (χ1n) is 8.25. The molecule has 0 aromatic heterocycles. The van der Waals surface area contributed by atoms with Gasteiger partial charge < -0.3 is 24.5 Å². The van der Waals surface area contributed by atoms with E-state index >= 15 is 0 Å². The van der Waals surface area contributed by atoms with Gasteiger partial charge in [-0.2, -0.15) is 0 Å². The number of piperidine rings is 1. The molecule has 0 saturated carbocycles. The molecule has 138 valence electrons. The first-order valence-corrected chi connectivity index (χ1v) is 8.25. The van der Waals surface area contributed by atoms with Crippen LogP contribution in [0.3, 0.4) is 0 Å². The monoisotopic (exact) mass is 350 g/mol. The highest BCUT2D eigenvalue weighted by atomic mass is 16.7. The van der Waals surface area contributed by atoms with Crippen molar-refractivity contribution in [1.82, 2.24) is 10.2 Å². The molecule has 8 nitrogen and oxygen atoms in total. The highest BCUT2D eigenvalue weighted by Gasteiger charge is 2.44. The molecule has 1 saturated heterocycles. The van der Waals surface area contributed by atoms with Crippen LogP contribution in [0.2, 0.25) is 0 Å². The van der Waals surface area contributed by atoms with Crippen LogP contribution in [-0.4, -0.2) is 47.5 Å². The van der Waals surface area contributed by atoms with Crippen LogP contribution >= 0.6 is 0 Å².